The highest BCUT2D eigenvalue weighted by Gasteiger charge is 2.45. The quantitative estimate of drug-likeness (QED) is 0.580. The number of nitrogens with zero attached hydrogens (tertiary/aromatic N) is 2. The van der Waals surface area contributed by atoms with Crippen LogP contribution in [0.4, 0.5) is 4.79 Å². The number of carbonyl (C=O) groups excluding carboxylic acids is 2. The molecule has 9 heteroatoms. The molecule has 0 unspecified atom stereocenters. The fourth-order valence-electron chi connectivity index (χ4n) is 5.06. The van der Waals surface area contributed by atoms with Gasteiger partial charge in [0.1, 0.15) is 28.8 Å². The number of benzene rings is 1. The second kappa shape index (κ2) is 10.2. The monoisotopic (exact) mass is 490 g/mol. The van der Waals surface area contributed by atoms with Crippen LogP contribution >= 0.6 is 0 Å². The van der Waals surface area contributed by atoms with Gasteiger partial charge in [0.2, 0.25) is 0 Å². The van der Waals surface area contributed by atoms with E-state index in [1.54, 1.807) is 23.1 Å². The summed E-state index contributed by atoms with van der Waals surface area (Å²) in [6, 6.07) is 5.65. The van der Waals surface area contributed by atoms with Crippen LogP contribution < -0.4 is 9.47 Å². The van der Waals surface area contributed by atoms with Crippen LogP contribution in [0, 0.1) is 0 Å². The van der Waals surface area contributed by atoms with Gasteiger partial charge in [0, 0.05) is 51.1 Å². The molecule has 1 saturated carbocycles. The van der Waals surface area contributed by atoms with Gasteiger partial charge in [-0.15, -0.1) is 0 Å². The lowest BCUT2D eigenvalue weighted by Crippen LogP contribution is -2.62. The molecule has 0 bridgehead atoms. The molecule has 1 amide bonds. The zero-order chi connectivity index (χ0) is 25.2. The molecule has 4 rings (SSSR count). The third-order valence-electron chi connectivity index (χ3n) is 7.07. The molecular formula is C26H38N2O7. The van der Waals surface area contributed by atoms with Gasteiger partial charge in [-0.2, -0.15) is 0 Å². The number of amides is 1. The zero-order valence-electron chi connectivity index (χ0n) is 21.5. The Bertz CT molecular complexity index is 915. The number of hydrogen-bond acceptors (Lipinski definition) is 8. The fraction of sp³-hybridized carbons (Fsp3) is 0.692. The Hall–Kier alpha value is -2.52. The van der Waals surface area contributed by atoms with Crippen molar-refractivity contribution in [3.63, 3.8) is 0 Å². The number of rotatable bonds is 5. The molecule has 0 radical (unpaired) electrons. The topological polar surface area (TPSA) is 86.8 Å². The van der Waals surface area contributed by atoms with Gasteiger partial charge >= 0.3 is 12.1 Å². The minimum atomic E-state index is -0.484. The van der Waals surface area contributed by atoms with E-state index in [-0.39, 0.29) is 17.8 Å². The second-order valence-corrected chi connectivity index (χ2v) is 10.7. The van der Waals surface area contributed by atoms with Crippen LogP contribution in [0.1, 0.15) is 56.8 Å². The normalized spacial score (nSPS) is 24.4. The average Bonchev–Trinajstić information content (AvgIpc) is 2.79. The van der Waals surface area contributed by atoms with E-state index < -0.39 is 11.6 Å². The summed E-state index contributed by atoms with van der Waals surface area (Å²) in [5.74, 6) is 0.694. The lowest BCUT2D eigenvalue weighted by molar-refractivity contribution is -0.154. The van der Waals surface area contributed by atoms with E-state index in [1.165, 1.54) is 14.2 Å². The number of carbonyl (C=O) groups is 2. The zero-order valence-corrected chi connectivity index (χ0v) is 21.5. The number of morpholine rings is 1. The minimum absolute atomic E-state index is 0.126. The molecule has 194 valence electrons. The maximum atomic E-state index is 12.4. The Balaban J connectivity index is 1.26. The van der Waals surface area contributed by atoms with E-state index in [1.807, 2.05) is 20.8 Å². The van der Waals surface area contributed by atoms with Crippen LogP contribution in [0.3, 0.4) is 0 Å². The first-order chi connectivity index (χ1) is 16.6. The summed E-state index contributed by atoms with van der Waals surface area (Å²) >= 11 is 0. The van der Waals surface area contributed by atoms with E-state index in [0.717, 1.165) is 38.8 Å². The van der Waals surface area contributed by atoms with Crippen molar-refractivity contribution in [1.29, 1.82) is 0 Å². The molecule has 3 fully saturated rings. The summed E-state index contributed by atoms with van der Waals surface area (Å²) in [5.41, 5.74) is -0.299. The summed E-state index contributed by atoms with van der Waals surface area (Å²) in [5, 5.41) is 0. The Morgan fingerprint density at radius 3 is 2.43 bits per heavy atom. The highest BCUT2D eigenvalue weighted by Crippen LogP contribution is 2.37. The van der Waals surface area contributed by atoms with Crippen molar-refractivity contribution in [2.24, 2.45) is 0 Å². The van der Waals surface area contributed by atoms with Crippen LogP contribution in [0.25, 0.3) is 0 Å². The van der Waals surface area contributed by atoms with Gasteiger partial charge in [0.25, 0.3) is 0 Å². The molecule has 1 aromatic rings. The second-order valence-electron chi connectivity index (χ2n) is 10.7. The van der Waals surface area contributed by atoms with Crippen LogP contribution in [-0.2, 0) is 14.2 Å². The molecule has 1 aromatic carbocycles. The molecule has 2 heterocycles. The first-order valence-corrected chi connectivity index (χ1v) is 12.4. The highest BCUT2D eigenvalue weighted by molar-refractivity contribution is 5.92. The number of esters is 1. The van der Waals surface area contributed by atoms with Crippen molar-refractivity contribution in [1.82, 2.24) is 9.80 Å². The van der Waals surface area contributed by atoms with Gasteiger partial charge in [0.05, 0.1) is 26.4 Å². The predicted octanol–water partition coefficient (Wildman–Crippen LogP) is 3.49. The summed E-state index contributed by atoms with van der Waals surface area (Å²) in [4.78, 5) is 28.6. The van der Waals surface area contributed by atoms with Crippen LogP contribution in [0.2, 0.25) is 0 Å². The Morgan fingerprint density at radius 2 is 1.80 bits per heavy atom. The third kappa shape index (κ3) is 6.01. The first-order valence-electron chi connectivity index (χ1n) is 12.4. The summed E-state index contributed by atoms with van der Waals surface area (Å²) in [6.07, 6.45) is 3.42. The smallest absolute Gasteiger partial charge is 0.410 e. The number of piperidine rings is 1. The van der Waals surface area contributed by atoms with E-state index in [9.17, 15) is 9.59 Å². The van der Waals surface area contributed by atoms with Crippen LogP contribution in [0.5, 0.6) is 11.5 Å². The van der Waals surface area contributed by atoms with Gasteiger partial charge < -0.3 is 28.6 Å². The van der Waals surface area contributed by atoms with Gasteiger partial charge in [-0.25, -0.2) is 9.59 Å². The lowest BCUT2D eigenvalue weighted by Gasteiger charge is -2.51. The van der Waals surface area contributed by atoms with Crippen molar-refractivity contribution < 1.29 is 33.3 Å². The van der Waals surface area contributed by atoms with Crippen molar-refractivity contribution >= 4 is 12.1 Å². The van der Waals surface area contributed by atoms with Crippen LogP contribution in [0.15, 0.2) is 18.2 Å². The molecule has 3 aliphatic rings. The number of hydrogen-bond donors (Lipinski definition) is 0. The lowest BCUT2D eigenvalue weighted by atomic mass is 9.84. The number of methoxy groups -OCH3 is 2. The third-order valence-corrected chi connectivity index (χ3v) is 7.07. The van der Waals surface area contributed by atoms with Gasteiger partial charge in [0.15, 0.2) is 0 Å². The molecule has 1 aliphatic carbocycles. The maximum Gasteiger partial charge on any atom is 0.410 e. The summed E-state index contributed by atoms with van der Waals surface area (Å²) in [7, 11) is 2.87. The van der Waals surface area contributed by atoms with Gasteiger partial charge in [-0.1, -0.05) is 0 Å². The largest absolute Gasteiger partial charge is 0.496 e. The maximum absolute atomic E-state index is 12.4. The predicted molar refractivity (Wildman–Crippen MR) is 129 cm³/mol. The van der Waals surface area contributed by atoms with E-state index in [0.29, 0.717) is 42.8 Å². The van der Waals surface area contributed by atoms with Crippen LogP contribution in [-0.4, -0.2) is 92.2 Å². The molecule has 35 heavy (non-hydrogen) atoms. The Labute approximate surface area is 207 Å². The first kappa shape index (κ1) is 25.6. The molecule has 0 N–H and O–H groups in total. The van der Waals surface area contributed by atoms with Crippen molar-refractivity contribution in [3.05, 3.63) is 23.8 Å². The van der Waals surface area contributed by atoms with E-state index in [2.05, 4.69) is 4.90 Å². The minimum Gasteiger partial charge on any atom is -0.496 e. The SMILES string of the molecule is COC(=O)c1ccc(OC2CC(N3CCOC4(CCN(C(=O)OC(C)(C)C)CC4)C3)C2)cc1OC. The molecule has 2 saturated heterocycles. The number of likely N-dealkylation sites (tertiary alicyclic amines) is 1. The molecule has 1 spiro atoms. The fourth-order valence-corrected chi connectivity index (χ4v) is 5.06. The standard InChI is InChI=1S/C26H38N2O7/c1-25(2,3)35-24(30)27-10-8-26(9-11-27)17-28(12-13-33-26)18-14-20(15-18)34-19-6-7-21(23(29)32-5)22(16-19)31-4/h6-7,16,18,20H,8-15,17H2,1-5H3. The van der Waals surface area contributed by atoms with Gasteiger partial charge in [-0.3, -0.25) is 4.90 Å². The molecule has 0 aromatic heterocycles. The summed E-state index contributed by atoms with van der Waals surface area (Å²) < 4.78 is 28.1. The highest BCUT2D eigenvalue weighted by atomic mass is 16.6. The Kier molecular flexibility index (Phi) is 7.47. The molecule has 2 aliphatic heterocycles. The molecule has 0 atom stereocenters. The van der Waals surface area contributed by atoms with Crippen molar-refractivity contribution in [2.75, 3.05) is 47.0 Å². The molecular weight excluding hydrogens is 452 g/mol. The average molecular weight is 491 g/mol. The van der Waals surface area contributed by atoms with Crippen molar-refractivity contribution in [3.8, 4) is 11.5 Å². The van der Waals surface area contributed by atoms with E-state index >= 15 is 0 Å². The van der Waals surface area contributed by atoms with Gasteiger partial charge in [-0.05, 0) is 45.7 Å². The number of ether oxygens (including phenoxy) is 5. The Morgan fingerprint density at radius 1 is 1.09 bits per heavy atom. The molecule has 9 nitrogen and oxygen atoms in total. The van der Waals surface area contributed by atoms with E-state index in [4.69, 9.17) is 23.7 Å². The van der Waals surface area contributed by atoms with Crippen molar-refractivity contribution in [2.45, 2.75) is 69.8 Å². The summed E-state index contributed by atoms with van der Waals surface area (Å²) in [6.45, 7) is 9.49.